The lowest BCUT2D eigenvalue weighted by molar-refractivity contribution is -0.139. The van der Waals surface area contributed by atoms with Crippen LogP contribution < -0.4 is 10.9 Å². The average Bonchev–Trinajstić information content (AvgIpc) is 3.67. The monoisotopic (exact) mass is 623 g/mol. The highest BCUT2D eigenvalue weighted by molar-refractivity contribution is 7.13. The summed E-state index contributed by atoms with van der Waals surface area (Å²) in [5.41, 5.74) is 2.25. The maximum absolute atomic E-state index is 13.5. The number of rotatable bonds is 10. The molecule has 0 saturated carbocycles. The number of amides is 1. The Labute approximate surface area is 253 Å². The zero-order valence-electron chi connectivity index (χ0n) is 21.8. The van der Waals surface area contributed by atoms with Crippen LogP contribution in [0.5, 0.6) is 0 Å². The SMILES string of the molecule is O=C(NC(Cc1ccc(-c2c(-n3nccc3-c3cccs3)cnn(CCO)c2=O)cc1)C(=O)O)c1c(Cl)cccc1Cl. The van der Waals surface area contributed by atoms with Gasteiger partial charge < -0.3 is 15.5 Å². The average molecular weight is 625 g/mol. The highest BCUT2D eigenvalue weighted by Gasteiger charge is 2.24. The number of carbonyl (C=O) groups excluding carboxylic acids is 1. The number of aliphatic carboxylic acids is 1. The summed E-state index contributed by atoms with van der Waals surface area (Å²) >= 11 is 13.8. The van der Waals surface area contributed by atoms with Gasteiger partial charge in [-0.15, -0.1) is 11.3 Å². The van der Waals surface area contributed by atoms with E-state index in [0.29, 0.717) is 22.4 Å². The molecule has 1 unspecified atom stereocenters. The number of nitrogens with zero attached hydrogens (tertiary/aromatic N) is 4. The molecule has 1 atom stereocenters. The molecule has 214 valence electrons. The van der Waals surface area contributed by atoms with Gasteiger partial charge in [0.2, 0.25) is 0 Å². The van der Waals surface area contributed by atoms with Crippen LogP contribution in [0.2, 0.25) is 10.0 Å². The number of benzene rings is 2. The summed E-state index contributed by atoms with van der Waals surface area (Å²) in [4.78, 5) is 39.3. The molecule has 0 aliphatic heterocycles. The molecule has 0 fully saturated rings. The topological polar surface area (TPSA) is 139 Å². The van der Waals surface area contributed by atoms with Gasteiger partial charge in [-0.05, 0) is 40.8 Å². The molecule has 0 saturated heterocycles. The third-order valence-corrected chi connectivity index (χ3v) is 7.98. The molecular weight excluding hydrogens is 601 g/mol. The summed E-state index contributed by atoms with van der Waals surface area (Å²) in [6, 6.07) is 15.8. The van der Waals surface area contributed by atoms with Gasteiger partial charge in [0.15, 0.2) is 0 Å². The quantitative estimate of drug-likeness (QED) is 0.207. The van der Waals surface area contributed by atoms with E-state index < -0.39 is 23.5 Å². The minimum Gasteiger partial charge on any atom is -0.480 e. The number of thiophene rings is 1. The van der Waals surface area contributed by atoms with Crippen molar-refractivity contribution in [3.8, 4) is 27.4 Å². The molecule has 5 aromatic rings. The van der Waals surface area contributed by atoms with E-state index in [1.807, 2.05) is 23.6 Å². The first-order valence-corrected chi connectivity index (χ1v) is 14.3. The van der Waals surface area contributed by atoms with Gasteiger partial charge >= 0.3 is 5.97 Å². The second-order valence-electron chi connectivity index (χ2n) is 9.12. The van der Waals surface area contributed by atoms with Crippen molar-refractivity contribution in [1.29, 1.82) is 0 Å². The van der Waals surface area contributed by atoms with Crippen molar-refractivity contribution in [2.75, 3.05) is 6.61 Å². The van der Waals surface area contributed by atoms with Crippen LogP contribution in [0.1, 0.15) is 15.9 Å². The fourth-order valence-electron chi connectivity index (χ4n) is 4.46. The smallest absolute Gasteiger partial charge is 0.326 e. The molecule has 0 bridgehead atoms. The fraction of sp³-hybridized carbons (Fsp3) is 0.138. The summed E-state index contributed by atoms with van der Waals surface area (Å²) in [6.45, 7) is -0.259. The number of carboxylic acid groups (broad SMARTS) is 1. The minimum absolute atomic E-state index is 0.00709. The molecular formula is C29H23Cl2N5O5S. The number of aliphatic hydroxyl groups is 1. The van der Waals surface area contributed by atoms with Gasteiger partial charge in [0.1, 0.15) is 6.04 Å². The van der Waals surface area contributed by atoms with E-state index >= 15 is 0 Å². The molecule has 13 heteroatoms. The van der Waals surface area contributed by atoms with Crippen LogP contribution in [0.15, 0.2) is 83.2 Å². The number of nitrogens with one attached hydrogen (secondary N) is 1. The molecule has 3 heterocycles. The van der Waals surface area contributed by atoms with Crippen LogP contribution in [0, 0.1) is 0 Å². The molecule has 0 spiro atoms. The number of carboxylic acids is 1. The van der Waals surface area contributed by atoms with Crippen LogP contribution in [-0.4, -0.2) is 54.3 Å². The summed E-state index contributed by atoms with van der Waals surface area (Å²) in [5.74, 6) is -1.94. The predicted molar refractivity (Wildman–Crippen MR) is 161 cm³/mol. The first-order chi connectivity index (χ1) is 20.3. The number of hydrogen-bond donors (Lipinski definition) is 3. The van der Waals surface area contributed by atoms with Crippen LogP contribution in [0.4, 0.5) is 0 Å². The molecule has 0 aliphatic rings. The van der Waals surface area contributed by atoms with Crippen LogP contribution in [0.3, 0.4) is 0 Å². The van der Waals surface area contributed by atoms with Crippen LogP contribution >= 0.6 is 34.5 Å². The maximum Gasteiger partial charge on any atom is 0.326 e. The largest absolute Gasteiger partial charge is 0.480 e. The van der Waals surface area contributed by atoms with E-state index in [2.05, 4.69) is 15.5 Å². The van der Waals surface area contributed by atoms with Gasteiger partial charge in [0, 0.05) is 6.42 Å². The zero-order chi connectivity index (χ0) is 29.8. The van der Waals surface area contributed by atoms with Gasteiger partial charge in [-0.2, -0.15) is 10.2 Å². The second-order valence-corrected chi connectivity index (χ2v) is 10.9. The van der Waals surface area contributed by atoms with E-state index in [1.54, 1.807) is 41.2 Å². The van der Waals surface area contributed by atoms with Crippen molar-refractivity contribution in [3.63, 3.8) is 0 Å². The van der Waals surface area contributed by atoms with Crippen molar-refractivity contribution in [2.45, 2.75) is 19.0 Å². The van der Waals surface area contributed by atoms with Gasteiger partial charge in [-0.3, -0.25) is 9.59 Å². The van der Waals surface area contributed by atoms with Crippen molar-refractivity contribution >= 4 is 46.4 Å². The number of carbonyl (C=O) groups is 2. The highest BCUT2D eigenvalue weighted by Crippen LogP contribution is 2.30. The Balaban J connectivity index is 1.47. The lowest BCUT2D eigenvalue weighted by Gasteiger charge is -2.17. The molecule has 2 aromatic carbocycles. The second kappa shape index (κ2) is 12.7. The van der Waals surface area contributed by atoms with Gasteiger partial charge in [0.05, 0.1) is 63.0 Å². The zero-order valence-corrected chi connectivity index (χ0v) is 24.1. The van der Waals surface area contributed by atoms with Gasteiger partial charge in [-0.1, -0.05) is 59.6 Å². The Kier molecular flexibility index (Phi) is 8.83. The van der Waals surface area contributed by atoms with Crippen molar-refractivity contribution < 1.29 is 19.8 Å². The summed E-state index contributed by atoms with van der Waals surface area (Å²) in [5, 5.41) is 32.6. The molecule has 3 aromatic heterocycles. The fourth-order valence-corrected chi connectivity index (χ4v) is 5.77. The lowest BCUT2D eigenvalue weighted by Crippen LogP contribution is -2.42. The molecule has 5 rings (SSSR count). The number of aliphatic hydroxyl groups excluding tert-OH is 1. The Morgan fingerprint density at radius 1 is 1.00 bits per heavy atom. The summed E-state index contributed by atoms with van der Waals surface area (Å²) in [7, 11) is 0. The normalized spacial score (nSPS) is 11.8. The maximum atomic E-state index is 13.5. The minimum atomic E-state index is -1.27. The summed E-state index contributed by atoms with van der Waals surface area (Å²) in [6.07, 6.45) is 3.13. The molecule has 0 radical (unpaired) electrons. The van der Waals surface area contributed by atoms with Gasteiger partial charge in [0.25, 0.3) is 11.5 Å². The van der Waals surface area contributed by atoms with E-state index in [4.69, 9.17) is 23.2 Å². The van der Waals surface area contributed by atoms with Crippen LogP contribution in [-0.2, 0) is 17.8 Å². The molecule has 10 nitrogen and oxygen atoms in total. The highest BCUT2D eigenvalue weighted by atomic mass is 35.5. The van der Waals surface area contributed by atoms with Crippen LogP contribution in [0.25, 0.3) is 27.4 Å². The Morgan fingerprint density at radius 2 is 1.74 bits per heavy atom. The third-order valence-electron chi connectivity index (χ3n) is 6.46. The lowest BCUT2D eigenvalue weighted by atomic mass is 10.0. The van der Waals surface area contributed by atoms with E-state index in [9.17, 15) is 24.6 Å². The van der Waals surface area contributed by atoms with E-state index in [1.165, 1.54) is 34.3 Å². The van der Waals surface area contributed by atoms with Crippen molar-refractivity contribution in [1.82, 2.24) is 24.9 Å². The molecule has 0 aliphatic carbocycles. The van der Waals surface area contributed by atoms with E-state index in [0.717, 1.165) is 10.6 Å². The Bertz CT molecular complexity index is 1780. The molecule has 1 amide bonds. The first kappa shape index (κ1) is 29.2. The Morgan fingerprint density at radius 3 is 2.38 bits per heavy atom. The molecule has 42 heavy (non-hydrogen) atoms. The number of aromatic nitrogens is 4. The van der Waals surface area contributed by atoms with Gasteiger partial charge in [-0.25, -0.2) is 14.2 Å². The number of halogens is 2. The third kappa shape index (κ3) is 6.00. The standard InChI is InChI=1S/C29H23Cl2N5O5S/c30-19-3-1-4-20(31)26(19)27(38)34-21(29(40)41)15-17-6-8-18(9-7-17)25-23(16-33-35(12-13-37)28(25)39)36-22(10-11-32-36)24-5-2-14-42-24/h1-11,14,16,21,37H,12-13,15H2,(H,34,38)(H,40,41). The van der Waals surface area contributed by atoms with E-state index in [-0.39, 0.29) is 35.2 Å². The molecule has 3 N–H and O–H groups in total. The van der Waals surface area contributed by atoms with Crippen molar-refractivity contribution in [2.24, 2.45) is 0 Å². The summed E-state index contributed by atoms with van der Waals surface area (Å²) < 4.78 is 2.82. The van der Waals surface area contributed by atoms with Crippen molar-refractivity contribution in [3.05, 3.63) is 110 Å². The predicted octanol–water partition coefficient (Wildman–Crippen LogP) is 4.55. The Hall–Kier alpha value is -4.29. The first-order valence-electron chi connectivity index (χ1n) is 12.6. The number of hydrogen-bond acceptors (Lipinski definition) is 7.